The number of benzene rings is 1. The highest BCUT2D eigenvalue weighted by atomic mass is 28.5. The summed E-state index contributed by atoms with van der Waals surface area (Å²) < 4.78 is 18.4. The first-order valence-corrected chi connectivity index (χ1v) is 22.2. The third kappa shape index (κ3) is 12.2. The van der Waals surface area contributed by atoms with Crippen LogP contribution in [0.3, 0.4) is 0 Å². The maximum absolute atomic E-state index is 12.1. The number of ether oxygens (including phenoxy) is 1. The summed E-state index contributed by atoms with van der Waals surface area (Å²) in [6.07, 6.45) is 2.69. The predicted molar refractivity (Wildman–Crippen MR) is 158 cm³/mol. The van der Waals surface area contributed by atoms with Gasteiger partial charge in [0.25, 0.3) is 0 Å². The van der Waals surface area contributed by atoms with Crippen LogP contribution in [0, 0.1) is 0 Å². The Balaban J connectivity index is 1.96. The Kier molecular flexibility index (Phi) is 11.2. The standard InChI is InChI=1S/C24H44N6O4Si3/c1-9-10-17-32-21(31)19-12-14-20(15-13-19)27-24-29-22(25)28-23(30-24)26-16-11-18-37(8,33-35(2,3)4)34-36(5,6)7/h12-15H,9-11,16-18H2,1-8H3,(H4,25,26,27,28,29,30). The number of carbonyl (C=O) groups is 1. The molecule has 10 nitrogen and oxygen atoms in total. The van der Waals surface area contributed by atoms with Gasteiger partial charge in [0.2, 0.25) is 17.8 Å². The number of esters is 1. The Morgan fingerprint density at radius 2 is 1.49 bits per heavy atom. The normalized spacial score (nSPS) is 12.3. The van der Waals surface area contributed by atoms with Crippen LogP contribution in [0.15, 0.2) is 24.3 Å². The van der Waals surface area contributed by atoms with E-state index in [9.17, 15) is 4.79 Å². The maximum atomic E-state index is 12.1. The number of unbranched alkanes of at least 4 members (excludes halogenated alkanes) is 1. The smallest absolute Gasteiger partial charge is 0.338 e. The summed E-state index contributed by atoms with van der Waals surface area (Å²) in [5.41, 5.74) is 7.13. The van der Waals surface area contributed by atoms with Crippen molar-refractivity contribution in [3.63, 3.8) is 0 Å². The molecule has 0 saturated carbocycles. The van der Waals surface area contributed by atoms with Crippen LogP contribution in [0.2, 0.25) is 51.9 Å². The second kappa shape index (κ2) is 13.5. The fraction of sp³-hybridized carbons (Fsp3) is 0.583. The van der Waals surface area contributed by atoms with Crippen LogP contribution in [0.25, 0.3) is 0 Å². The van der Waals surface area contributed by atoms with Gasteiger partial charge in [0.15, 0.2) is 16.6 Å². The van der Waals surface area contributed by atoms with Gasteiger partial charge in [-0.15, -0.1) is 0 Å². The summed E-state index contributed by atoms with van der Waals surface area (Å²) in [4.78, 5) is 24.9. The molecular weight excluding hydrogens is 521 g/mol. The van der Waals surface area contributed by atoms with Gasteiger partial charge in [-0.05, 0) is 89.0 Å². The van der Waals surface area contributed by atoms with Gasteiger partial charge in [-0.1, -0.05) is 13.3 Å². The van der Waals surface area contributed by atoms with E-state index >= 15 is 0 Å². The van der Waals surface area contributed by atoms with E-state index in [-0.39, 0.29) is 11.9 Å². The molecule has 0 aliphatic rings. The summed E-state index contributed by atoms with van der Waals surface area (Å²) in [5, 5.41) is 6.36. The molecule has 0 aliphatic carbocycles. The number of nitrogens with zero attached hydrogens (tertiary/aromatic N) is 3. The Morgan fingerprint density at radius 3 is 2.05 bits per heavy atom. The largest absolute Gasteiger partial charge is 0.462 e. The third-order valence-corrected chi connectivity index (χ3v) is 14.5. The van der Waals surface area contributed by atoms with Crippen molar-refractivity contribution in [2.45, 2.75) is 78.1 Å². The van der Waals surface area contributed by atoms with Crippen LogP contribution in [0.5, 0.6) is 0 Å². The molecule has 0 amide bonds. The Morgan fingerprint density at radius 1 is 0.892 bits per heavy atom. The van der Waals surface area contributed by atoms with Gasteiger partial charge in [-0.25, -0.2) is 4.79 Å². The molecule has 0 bridgehead atoms. The lowest BCUT2D eigenvalue weighted by atomic mass is 10.2. The van der Waals surface area contributed by atoms with Gasteiger partial charge in [-0.3, -0.25) is 0 Å². The highest BCUT2D eigenvalue weighted by Crippen LogP contribution is 2.25. The first-order chi connectivity index (χ1) is 17.2. The van der Waals surface area contributed by atoms with E-state index in [1.165, 1.54) is 0 Å². The van der Waals surface area contributed by atoms with Crippen molar-refractivity contribution in [2.75, 3.05) is 29.5 Å². The van der Waals surface area contributed by atoms with E-state index < -0.39 is 25.2 Å². The molecule has 0 saturated heterocycles. The van der Waals surface area contributed by atoms with Crippen LogP contribution < -0.4 is 16.4 Å². The van der Waals surface area contributed by atoms with Crippen molar-refractivity contribution >= 4 is 54.7 Å². The number of rotatable bonds is 15. The summed E-state index contributed by atoms with van der Waals surface area (Å²) in [7, 11) is -5.76. The topological polar surface area (TPSA) is 134 Å². The summed E-state index contributed by atoms with van der Waals surface area (Å²) in [6, 6.07) is 7.82. The minimum atomic E-state index is -2.29. The zero-order valence-corrected chi connectivity index (χ0v) is 26.6. The summed E-state index contributed by atoms with van der Waals surface area (Å²) in [5.74, 6) is 0.489. The second-order valence-corrected chi connectivity index (χ2v) is 24.0. The van der Waals surface area contributed by atoms with Crippen molar-refractivity contribution < 1.29 is 17.8 Å². The highest BCUT2D eigenvalue weighted by molar-refractivity contribution is 6.87. The molecule has 1 heterocycles. The van der Waals surface area contributed by atoms with Crippen molar-refractivity contribution in [3.8, 4) is 0 Å². The summed E-state index contributed by atoms with van der Waals surface area (Å²) in [6.45, 7) is 18.6. The van der Waals surface area contributed by atoms with E-state index in [1.54, 1.807) is 24.3 Å². The molecule has 2 aromatic rings. The molecule has 0 radical (unpaired) electrons. The number of hydrogen-bond donors (Lipinski definition) is 3. The molecule has 0 fully saturated rings. The van der Waals surface area contributed by atoms with E-state index in [0.29, 0.717) is 30.6 Å². The molecular formula is C24H44N6O4Si3. The van der Waals surface area contributed by atoms with Crippen molar-refractivity contribution in [3.05, 3.63) is 29.8 Å². The zero-order chi connectivity index (χ0) is 27.7. The van der Waals surface area contributed by atoms with Gasteiger partial charge in [0, 0.05) is 12.2 Å². The number of nitrogens with two attached hydrogens (primary N) is 1. The lowest BCUT2D eigenvalue weighted by molar-refractivity contribution is 0.0499. The van der Waals surface area contributed by atoms with E-state index in [1.807, 2.05) is 0 Å². The monoisotopic (exact) mass is 564 g/mol. The van der Waals surface area contributed by atoms with Crippen LogP contribution in [0.4, 0.5) is 23.5 Å². The number of anilines is 4. The number of aromatic nitrogens is 3. The Labute approximate surface area is 224 Å². The molecule has 1 aromatic carbocycles. The van der Waals surface area contributed by atoms with Gasteiger partial charge < -0.3 is 29.3 Å². The highest BCUT2D eigenvalue weighted by Gasteiger charge is 2.39. The van der Waals surface area contributed by atoms with Crippen molar-refractivity contribution in [2.24, 2.45) is 0 Å². The predicted octanol–water partition coefficient (Wildman–Crippen LogP) is 5.73. The third-order valence-electron chi connectivity index (χ3n) is 4.90. The number of hydrogen-bond acceptors (Lipinski definition) is 10. The van der Waals surface area contributed by atoms with Gasteiger partial charge >= 0.3 is 14.5 Å². The quantitative estimate of drug-likeness (QED) is 0.140. The molecule has 206 valence electrons. The molecule has 37 heavy (non-hydrogen) atoms. The molecule has 0 spiro atoms. The van der Waals surface area contributed by atoms with Crippen molar-refractivity contribution in [1.29, 1.82) is 0 Å². The van der Waals surface area contributed by atoms with Gasteiger partial charge in [-0.2, -0.15) is 15.0 Å². The molecule has 13 heteroatoms. The van der Waals surface area contributed by atoms with Crippen LogP contribution in [0.1, 0.15) is 36.5 Å². The first kappa shape index (κ1) is 30.9. The minimum Gasteiger partial charge on any atom is -0.462 e. The lowest BCUT2D eigenvalue weighted by Crippen LogP contribution is -2.52. The SMILES string of the molecule is CCCCOC(=O)c1ccc(Nc2nc(N)nc(NCCC[Si](C)(O[Si](C)(C)C)O[Si](C)(C)C)n2)cc1. The van der Waals surface area contributed by atoms with E-state index in [4.69, 9.17) is 18.7 Å². The first-order valence-electron chi connectivity index (χ1n) is 12.9. The average molecular weight is 565 g/mol. The number of carbonyl (C=O) groups excluding carboxylic acids is 1. The fourth-order valence-electron chi connectivity index (χ4n) is 3.77. The van der Waals surface area contributed by atoms with Crippen molar-refractivity contribution in [1.82, 2.24) is 15.0 Å². The molecule has 4 N–H and O–H groups in total. The molecule has 0 aliphatic heterocycles. The minimum absolute atomic E-state index is 0.111. The van der Waals surface area contributed by atoms with Gasteiger partial charge in [0.1, 0.15) is 0 Å². The second-order valence-electron chi connectivity index (χ2n) is 11.1. The average Bonchev–Trinajstić information content (AvgIpc) is 2.74. The Bertz CT molecular complexity index is 997. The molecule has 2 rings (SSSR count). The zero-order valence-electron chi connectivity index (χ0n) is 23.6. The van der Waals surface area contributed by atoms with E-state index in [0.717, 1.165) is 31.0 Å². The summed E-state index contributed by atoms with van der Waals surface area (Å²) >= 11 is 0. The number of nitrogen functional groups attached to an aromatic ring is 1. The molecule has 0 unspecified atom stereocenters. The van der Waals surface area contributed by atoms with Crippen LogP contribution in [-0.2, 0) is 13.0 Å². The van der Waals surface area contributed by atoms with Crippen LogP contribution in [-0.4, -0.2) is 59.3 Å². The lowest BCUT2D eigenvalue weighted by Gasteiger charge is -2.38. The molecule has 1 aromatic heterocycles. The fourth-order valence-corrected chi connectivity index (χ4v) is 16.3. The van der Waals surface area contributed by atoms with E-state index in [2.05, 4.69) is 78.3 Å². The maximum Gasteiger partial charge on any atom is 0.338 e. The van der Waals surface area contributed by atoms with Crippen LogP contribution >= 0.6 is 0 Å². The molecule has 0 atom stereocenters. The van der Waals surface area contributed by atoms with Gasteiger partial charge in [0.05, 0.1) is 12.2 Å². The number of nitrogens with one attached hydrogen (secondary N) is 2. The Hall–Kier alpha value is -2.33.